The normalized spacial score (nSPS) is 13.8. The number of carbonyl (C=O) groups is 2. The number of thioether (sulfide) groups is 1. The highest BCUT2D eigenvalue weighted by atomic mass is 32.2. The van der Waals surface area contributed by atoms with Crippen LogP contribution in [-0.2, 0) is 11.2 Å². The van der Waals surface area contributed by atoms with E-state index in [-0.39, 0.29) is 18.3 Å². The summed E-state index contributed by atoms with van der Waals surface area (Å²) in [4.78, 5) is 28.2. The first kappa shape index (κ1) is 19.8. The van der Waals surface area contributed by atoms with Gasteiger partial charge in [0.05, 0.1) is 5.69 Å². The van der Waals surface area contributed by atoms with Gasteiger partial charge in [0.25, 0.3) is 0 Å². The minimum Gasteiger partial charge on any atom is -0.481 e. The molecule has 1 aliphatic heterocycles. The van der Waals surface area contributed by atoms with Crippen LogP contribution in [0.5, 0.6) is 0 Å². The number of nitrogen functional groups attached to an aromatic ring is 1. The number of nitrogens with two attached hydrogens (primary N) is 1. The molecule has 2 aromatic rings. The van der Waals surface area contributed by atoms with E-state index in [0.29, 0.717) is 25.1 Å². The van der Waals surface area contributed by atoms with Gasteiger partial charge in [-0.15, -0.1) is 11.8 Å². The highest BCUT2D eigenvalue weighted by molar-refractivity contribution is 7.98. The van der Waals surface area contributed by atoms with Gasteiger partial charge >= 0.3 is 12.0 Å². The second-order valence-electron chi connectivity index (χ2n) is 6.45. The van der Waals surface area contributed by atoms with Crippen molar-refractivity contribution in [2.45, 2.75) is 17.7 Å². The number of nitrogens with one attached hydrogen (secondary N) is 1. The van der Waals surface area contributed by atoms with E-state index in [1.54, 1.807) is 34.1 Å². The zero-order valence-electron chi connectivity index (χ0n) is 15.5. The predicted octanol–water partition coefficient (Wildman–Crippen LogP) is 3.16. The molecule has 8 heteroatoms. The fraction of sp³-hybridized carbons (Fsp3) is 0.250. The van der Waals surface area contributed by atoms with E-state index < -0.39 is 5.97 Å². The first-order valence-electron chi connectivity index (χ1n) is 8.83. The first-order chi connectivity index (χ1) is 13.4. The molecule has 0 atom stereocenters. The monoisotopic (exact) mass is 398 g/mol. The third-order valence-electron chi connectivity index (χ3n) is 4.66. The van der Waals surface area contributed by atoms with Gasteiger partial charge in [0.1, 0.15) is 5.84 Å². The summed E-state index contributed by atoms with van der Waals surface area (Å²) in [6.45, 7) is 1.13. The third kappa shape index (κ3) is 4.12. The maximum atomic E-state index is 13.0. The maximum absolute atomic E-state index is 13.0. The summed E-state index contributed by atoms with van der Waals surface area (Å²) >= 11 is 1.54. The molecule has 4 N–H and O–H groups in total. The van der Waals surface area contributed by atoms with Gasteiger partial charge < -0.3 is 10.8 Å². The average Bonchev–Trinajstić information content (AvgIpc) is 3.07. The molecule has 146 valence electrons. The quantitative estimate of drug-likeness (QED) is 0.377. The Morgan fingerprint density at radius 2 is 1.86 bits per heavy atom. The number of benzene rings is 2. The highest BCUT2D eigenvalue weighted by Gasteiger charge is 2.31. The van der Waals surface area contributed by atoms with Gasteiger partial charge in [-0.25, -0.2) is 4.79 Å². The van der Waals surface area contributed by atoms with Crippen molar-refractivity contribution < 1.29 is 14.7 Å². The van der Waals surface area contributed by atoms with Crippen LogP contribution in [0.15, 0.2) is 47.4 Å². The second kappa shape index (κ2) is 8.35. The van der Waals surface area contributed by atoms with Gasteiger partial charge in [0.2, 0.25) is 0 Å². The summed E-state index contributed by atoms with van der Waals surface area (Å²) in [5.41, 5.74) is 8.65. The lowest BCUT2D eigenvalue weighted by molar-refractivity contribution is -0.136. The number of nitrogens with zero attached hydrogens (tertiary/aromatic N) is 2. The lowest BCUT2D eigenvalue weighted by Crippen LogP contribution is -2.32. The SMILES string of the molecule is CSc1cc(CCC(=O)O)ccc1N1CCN(c2ccc(C(=N)N)cc2)C1=O. The molecule has 1 fully saturated rings. The summed E-state index contributed by atoms with van der Waals surface area (Å²) < 4.78 is 0. The molecule has 1 saturated heterocycles. The lowest BCUT2D eigenvalue weighted by atomic mass is 10.1. The molecule has 0 bridgehead atoms. The smallest absolute Gasteiger partial charge is 0.329 e. The Labute approximate surface area is 167 Å². The molecule has 0 aliphatic carbocycles. The minimum atomic E-state index is -0.823. The Hall–Kier alpha value is -3.00. The van der Waals surface area contributed by atoms with Crippen molar-refractivity contribution in [3.63, 3.8) is 0 Å². The Kier molecular flexibility index (Phi) is 5.89. The summed E-state index contributed by atoms with van der Waals surface area (Å²) in [6, 6.07) is 12.7. The molecule has 0 unspecified atom stereocenters. The van der Waals surface area contributed by atoms with Crippen LogP contribution in [0.3, 0.4) is 0 Å². The van der Waals surface area contributed by atoms with Crippen molar-refractivity contribution in [3.8, 4) is 0 Å². The molecule has 28 heavy (non-hydrogen) atoms. The lowest BCUT2D eigenvalue weighted by Gasteiger charge is -2.21. The Morgan fingerprint density at radius 3 is 2.46 bits per heavy atom. The molecule has 0 radical (unpaired) electrons. The van der Waals surface area contributed by atoms with Crippen LogP contribution < -0.4 is 15.5 Å². The van der Waals surface area contributed by atoms with Crippen molar-refractivity contribution in [1.29, 1.82) is 5.41 Å². The molecular formula is C20H22N4O3S. The van der Waals surface area contributed by atoms with Gasteiger partial charge in [0.15, 0.2) is 0 Å². The number of anilines is 2. The van der Waals surface area contributed by atoms with Gasteiger partial charge in [-0.2, -0.15) is 0 Å². The van der Waals surface area contributed by atoms with Gasteiger partial charge in [-0.05, 0) is 54.6 Å². The molecule has 0 aromatic heterocycles. The molecule has 1 aliphatic rings. The number of hydrogen-bond donors (Lipinski definition) is 3. The van der Waals surface area contributed by atoms with Crippen LogP contribution in [0.1, 0.15) is 17.5 Å². The summed E-state index contributed by atoms with van der Waals surface area (Å²) in [7, 11) is 0. The van der Waals surface area contributed by atoms with E-state index in [1.807, 2.05) is 24.5 Å². The number of urea groups is 1. The fourth-order valence-electron chi connectivity index (χ4n) is 3.17. The summed E-state index contributed by atoms with van der Waals surface area (Å²) in [5.74, 6) is -0.829. The molecule has 3 rings (SSSR count). The standard InChI is InChI=1S/C20H22N4O3S/c1-28-17-12-13(3-9-18(25)26)2-8-16(17)24-11-10-23(20(24)27)15-6-4-14(5-7-15)19(21)22/h2,4-8,12H,3,9-11H2,1H3,(H3,21,22)(H,25,26). The van der Waals surface area contributed by atoms with Crippen molar-refractivity contribution in [2.24, 2.45) is 5.73 Å². The van der Waals surface area contributed by atoms with Crippen LogP contribution in [0.4, 0.5) is 16.2 Å². The number of carboxylic acids is 1. The Bertz CT molecular complexity index is 914. The first-order valence-corrected chi connectivity index (χ1v) is 10.1. The second-order valence-corrected chi connectivity index (χ2v) is 7.29. The molecule has 0 spiro atoms. The number of aliphatic carboxylic acids is 1. The van der Waals surface area contributed by atoms with Crippen LogP contribution in [0.25, 0.3) is 0 Å². The topological polar surface area (TPSA) is 111 Å². The van der Waals surface area contributed by atoms with Crippen LogP contribution >= 0.6 is 11.8 Å². The van der Waals surface area contributed by atoms with Crippen molar-refractivity contribution in [3.05, 3.63) is 53.6 Å². The minimum absolute atomic E-state index is 0.00600. The number of aryl methyl sites for hydroxylation is 1. The van der Waals surface area contributed by atoms with E-state index in [4.69, 9.17) is 16.2 Å². The van der Waals surface area contributed by atoms with Gasteiger partial charge in [-0.1, -0.05) is 6.07 Å². The predicted molar refractivity (Wildman–Crippen MR) is 112 cm³/mol. The number of rotatable bonds is 7. The number of hydrogen-bond acceptors (Lipinski definition) is 4. The third-order valence-corrected chi connectivity index (χ3v) is 5.43. The number of amides is 2. The maximum Gasteiger partial charge on any atom is 0.329 e. The van der Waals surface area contributed by atoms with Gasteiger partial charge in [-0.3, -0.25) is 20.0 Å². The highest BCUT2D eigenvalue weighted by Crippen LogP contribution is 2.33. The molecule has 7 nitrogen and oxygen atoms in total. The Balaban J connectivity index is 1.80. The molecule has 0 saturated carbocycles. The van der Waals surface area contributed by atoms with E-state index in [0.717, 1.165) is 21.8 Å². The van der Waals surface area contributed by atoms with Crippen molar-refractivity contribution >= 4 is 41.0 Å². The fourth-order valence-corrected chi connectivity index (χ4v) is 3.83. The number of amidine groups is 1. The summed E-state index contributed by atoms with van der Waals surface area (Å²) in [5, 5.41) is 16.3. The van der Waals surface area contributed by atoms with Crippen LogP contribution in [0.2, 0.25) is 0 Å². The molecular weight excluding hydrogens is 376 g/mol. The molecule has 2 aromatic carbocycles. The Morgan fingerprint density at radius 1 is 1.18 bits per heavy atom. The zero-order chi connectivity index (χ0) is 20.3. The van der Waals surface area contributed by atoms with Gasteiger partial charge in [0, 0.05) is 35.7 Å². The van der Waals surface area contributed by atoms with E-state index in [1.165, 1.54) is 11.8 Å². The van der Waals surface area contributed by atoms with E-state index in [2.05, 4.69) is 0 Å². The number of carbonyl (C=O) groups excluding carboxylic acids is 1. The molecule has 1 heterocycles. The van der Waals surface area contributed by atoms with Crippen molar-refractivity contribution in [2.75, 3.05) is 29.1 Å². The average molecular weight is 398 g/mol. The molecule has 2 amide bonds. The van der Waals surface area contributed by atoms with Crippen molar-refractivity contribution in [1.82, 2.24) is 0 Å². The van der Waals surface area contributed by atoms with E-state index in [9.17, 15) is 9.59 Å². The van der Waals surface area contributed by atoms with Crippen LogP contribution in [-0.4, -0.2) is 42.3 Å². The van der Waals surface area contributed by atoms with Crippen LogP contribution in [0, 0.1) is 5.41 Å². The largest absolute Gasteiger partial charge is 0.481 e. The zero-order valence-corrected chi connectivity index (χ0v) is 16.3. The summed E-state index contributed by atoms with van der Waals surface area (Å²) in [6.07, 6.45) is 2.49. The number of carboxylic acid groups (broad SMARTS) is 1. The van der Waals surface area contributed by atoms with E-state index >= 15 is 0 Å².